The van der Waals surface area contributed by atoms with Crippen molar-refractivity contribution in [3.05, 3.63) is 72.7 Å². The number of nitrogens with one attached hydrogen (secondary N) is 1. The lowest BCUT2D eigenvalue weighted by Gasteiger charge is -2.26. The van der Waals surface area contributed by atoms with Crippen LogP contribution in [0.2, 0.25) is 0 Å². The summed E-state index contributed by atoms with van der Waals surface area (Å²) in [4.78, 5) is 23.0. The molecule has 1 aliphatic rings. The smallest absolute Gasteiger partial charge is 0.272 e. The Kier molecular flexibility index (Phi) is 5.47. The molecule has 1 aromatic heterocycles. The standard InChI is InChI=1S/C22H22N4O2/c27-22(26-13-7-2-8-14-26)19-15-21(24-16-23-19)25-18-11-5-6-12-20(18)28-17-9-3-1-4-10-17/h1,3-6,9-12,15-16H,2,7-8,13-14H2,(H,23,24,25). The first-order valence-corrected chi connectivity index (χ1v) is 9.50. The highest BCUT2D eigenvalue weighted by Crippen LogP contribution is 2.31. The van der Waals surface area contributed by atoms with Crippen LogP contribution in [0.4, 0.5) is 11.5 Å². The fourth-order valence-electron chi connectivity index (χ4n) is 3.21. The average Bonchev–Trinajstić information content (AvgIpc) is 2.76. The fraction of sp³-hybridized carbons (Fsp3) is 0.227. The average molecular weight is 374 g/mol. The Bertz CT molecular complexity index is 940. The number of carbonyl (C=O) groups excluding carboxylic acids is 1. The molecule has 1 amide bonds. The van der Waals surface area contributed by atoms with E-state index in [1.54, 1.807) is 6.07 Å². The monoisotopic (exact) mass is 374 g/mol. The third-order valence-corrected chi connectivity index (χ3v) is 4.65. The summed E-state index contributed by atoms with van der Waals surface area (Å²) in [6, 6.07) is 18.9. The van der Waals surface area contributed by atoms with Gasteiger partial charge in [0.05, 0.1) is 5.69 Å². The molecule has 0 spiro atoms. The number of benzene rings is 2. The predicted molar refractivity (Wildman–Crippen MR) is 108 cm³/mol. The van der Waals surface area contributed by atoms with Gasteiger partial charge in [0, 0.05) is 19.2 Å². The van der Waals surface area contributed by atoms with Gasteiger partial charge in [-0.25, -0.2) is 9.97 Å². The van der Waals surface area contributed by atoms with Crippen LogP contribution in [-0.4, -0.2) is 33.9 Å². The molecule has 0 unspecified atom stereocenters. The van der Waals surface area contributed by atoms with Crippen molar-refractivity contribution in [3.63, 3.8) is 0 Å². The largest absolute Gasteiger partial charge is 0.455 e. The summed E-state index contributed by atoms with van der Waals surface area (Å²) in [5.41, 5.74) is 1.17. The molecule has 3 aromatic rings. The lowest BCUT2D eigenvalue weighted by Crippen LogP contribution is -2.36. The van der Waals surface area contributed by atoms with Crippen molar-refractivity contribution in [2.45, 2.75) is 19.3 Å². The second-order valence-electron chi connectivity index (χ2n) is 6.68. The first kappa shape index (κ1) is 18.0. The number of ether oxygens (including phenoxy) is 1. The third kappa shape index (κ3) is 4.28. The molecule has 0 aliphatic carbocycles. The number of nitrogens with zero attached hydrogens (tertiary/aromatic N) is 3. The van der Waals surface area contributed by atoms with E-state index in [1.165, 1.54) is 12.7 Å². The van der Waals surface area contributed by atoms with Crippen LogP contribution in [0.5, 0.6) is 11.5 Å². The minimum Gasteiger partial charge on any atom is -0.455 e. The Balaban J connectivity index is 1.52. The molecule has 0 atom stereocenters. The number of likely N-dealkylation sites (tertiary alicyclic amines) is 1. The van der Waals surface area contributed by atoms with Gasteiger partial charge in [0.25, 0.3) is 5.91 Å². The minimum atomic E-state index is -0.0426. The van der Waals surface area contributed by atoms with Crippen molar-refractivity contribution in [1.82, 2.24) is 14.9 Å². The van der Waals surface area contributed by atoms with Crippen molar-refractivity contribution >= 4 is 17.4 Å². The van der Waals surface area contributed by atoms with Gasteiger partial charge in [0.1, 0.15) is 23.6 Å². The SMILES string of the molecule is O=C(c1cc(Nc2ccccc2Oc2ccccc2)ncn1)N1CCCCC1. The number of hydrogen-bond acceptors (Lipinski definition) is 5. The number of rotatable bonds is 5. The molecule has 6 nitrogen and oxygen atoms in total. The van der Waals surface area contributed by atoms with Crippen LogP contribution < -0.4 is 10.1 Å². The Morgan fingerprint density at radius 1 is 0.929 bits per heavy atom. The molecule has 142 valence electrons. The summed E-state index contributed by atoms with van der Waals surface area (Å²) >= 11 is 0. The second-order valence-corrected chi connectivity index (χ2v) is 6.68. The highest BCUT2D eigenvalue weighted by Gasteiger charge is 2.20. The van der Waals surface area contributed by atoms with Crippen LogP contribution in [0.15, 0.2) is 67.0 Å². The molecule has 0 saturated carbocycles. The van der Waals surface area contributed by atoms with Gasteiger partial charge in [-0.05, 0) is 43.5 Å². The van der Waals surface area contributed by atoms with E-state index in [4.69, 9.17) is 4.74 Å². The minimum absolute atomic E-state index is 0.0426. The van der Waals surface area contributed by atoms with E-state index in [-0.39, 0.29) is 5.91 Å². The summed E-state index contributed by atoms with van der Waals surface area (Å²) in [6.07, 6.45) is 4.69. The van der Waals surface area contributed by atoms with Crippen LogP contribution in [0.25, 0.3) is 0 Å². The van der Waals surface area contributed by atoms with Crippen LogP contribution in [0, 0.1) is 0 Å². The number of amides is 1. The maximum absolute atomic E-state index is 12.7. The molecule has 1 N–H and O–H groups in total. The summed E-state index contributed by atoms with van der Waals surface area (Å²) in [7, 11) is 0. The van der Waals surface area contributed by atoms with Gasteiger partial charge in [-0.15, -0.1) is 0 Å². The Morgan fingerprint density at radius 2 is 1.68 bits per heavy atom. The molecular formula is C22H22N4O2. The molecule has 0 radical (unpaired) electrons. The zero-order valence-electron chi connectivity index (χ0n) is 15.5. The van der Waals surface area contributed by atoms with Gasteiger partial charge in [-0.2, -0.15) is 0 Å². The van der Waals surface area contributed by atoms with E-state index in [1.807, 2.05) is 59.5 Å². The van der Waals surface area contributed by atoms with Crippen molar-refractivity contribution < 1.29 is 9.53 Å². The highest BCUT2D eigenvalue weighted by molar-refractivity contribution is 5.93. The Hall–Kier alpha value is -3.41. The number of hydrogen-bond donors (Lipinski definition) is 1. The molecule has 4 rings (SSSR count). The lowest BCUT2D eigenvalue weighted by molar-refractivity contribution is 0.0718. The zero-order chi connectivity index (χ0) is 19.2. The molecule has 0 bridgehead atoms. The van der Waals surface area contributed by atoms with E-state index < -0.39 is 0 Å². The first-order valence-electron chi connectivity index (χ1n) is 9.50. The van der Waals surface area contributed by atoms with Crippen molar-refractivity contribution in [2.75, 3.05) is 18.4 Å². The molecule has 1 aliphatic heterocycles. The van der Waals surface area contributed by atoms with Crippen molar-refractivity contribution in [2.24, 2.45) is 0 Å². The molecule has 2 aromatic carbocycles. The van der Waals surface area contributed by atoms with Crippen LogP contribution in [-0.2, 0) is 0 Å². The normalized spacial score (nSPS) is 13.8. The van der Waals surface area contributed by atoms with Gasteiger partial charge >= 0.3 is 0 Å². The number of piperidine rings is 1. The zero-order valence-corrected chi connectivity index (χ0v) is 15.5. The summed E-state index contributed by atoms with van der Waals surface area (Å²) in [5, 5.41) is 3.24. The fourth-order valence-corrected chi connectivity index (χ4v) is 3.21. The number of para-hydroxylation sites is 3. The third-order valence-electron chi connectivity index (χ3n) is 4.65. The Morgan fingerprint density at radius 3 is 2.50 bits per heavy atom. The topological polar surface area (TPSA) is 67.3 Å². The van der Waals surface area contributed by atoms with E-state index in [2.05, 4.69) is 15.3 Å². The summed E-state index contributed by atoms with van der Waals surface area (Å²) < 4.78 is 5.97. The van der Waals surface area contributed by atoms with Crippen molar-refractivity contribution in [3.8, 4) is 11.5 Å². The van der Waals surface area contributed by atoms with Gasteiger partial charge < -0.3 is 15.0 Å². The summed E-state index contributed by atoms with van der Waals surface area (Å²) in [6.45, 7) is 1.58. The predicted octanol–water partition coefficient (Wildman–Crippen LogP) is 4.64. The van der Waals surface area contributed by atoms with Crippen LogP contribution in [0.3, 0.4) is 0 Å². The van der Waals surface area contributed by atoms with Gasteiger partial charge in [-0.1, -0.05) is 30.3 Å². The molecule has 1 fully saturated rings. The quantitative estimate of drug-likeness (QED) is 0.705. The number of anilines is 2. The maximum atomic E-state index is 12.7. The van der Waals surface area contributed by atoms with Gasteiger partial charge in [-0.3, -0.25) is 4.79 Å². The molecule has 1 saturated heterocycles. The van der Waals surface area contributed by atoms with Crippen LogP contribution in [0.1, 0.15) is 29.8 Å². The molecule has 28 heavy (non-hydrogen) atoms. The van der Waals surface area contributed by atoms with E-state index >= 15 is 0 Å². The number of aromatic nitrogens is 2. The van der Waals surface area contributed by atoms with Gasteiger partial charge in [0.2, 0.25) is 0 Å². The van der Waals surface area contributed by atoms with Crippen LogP contribution >= 0.6 is 0 Å². The van der Waals surface area contributed by atoms with E-state index in [0.29, 0.717) is 17.3 Å². The van der Waals surface area contributed by atoms with E-state index in [0.717, 1.165) is 37.4 Å². The highest BCUT2D eigenvalue weighted by atomic mass is 16.5. The lowest BCUT2D eigenvalue weighted by atomic mass is 10.1. The molecular weight excluding hydrogens is 352 g/mol. The number of carbonyl (C=O) groups is 1. The molecule has 6 heteroatoms. The van der Waals surface area contributed by atoms with E-state index in [9.17, 15) is 4.79 Å². The molecule has 2 heterocycles. The Labute approximate surface area is 164 Å². The second kappa shape index (κ2) is 8.52. The maximum Gasteiger partial charge on any atom is 0.272 e. The first-order chi connectivity index (χ1) is 13.8. The summed E-state index contributed by atoms with van der Waals surface area (Å²) in [5.74, 6) is 1.94. The van der Waals surface area contributed by atoms with Crippen molar-refractivity contribution in [1.29, 1.82) is 0 Å². The van der Waals surface area contributed by atoms with Gasteiger partial charge in [0.15, 0.2) is 5.75 Å².